The summed E-state index contributed by atoms with van der Waals surface area (Å²) in [7, 11) is 1.38. The van der Waals surface area contributed by atoms with Gasteiger partial charge in [-0.3, -0.25) is 0 Å². The summed E-state index contributed by atoms with van der Waals surface area (Å²) in [5.41, 5.74) is 3.57. The minimum absolute atomic E-state index is 0.371. The van der Waals surface area contributed by atoms with Crippen molar-refractivity contribution in [3.05, 3.63) is 53.6 Å². The molecule has 3 aromatic rings. The molecule has 1 N–H and O–H groups in total. The number of carbonyl (C=O) groups excluding carboxylic acids is 1. The molecule has 0 aliphatic carbocycles. The van der Waals surface area contributed by atoms with E-state index in [1.165, 1.54) is 12.7 Å². The molecule has 0 spiro atoms. The van der Waals surface area contributed by atoms with Gasteiger partial charge >= 0.3 is 5.97 Å². The van der Waals surface area contributed by atoms with Crippen molar-refractivity contribution in [1.82, 2.24) is 4.98 Å². The fraction of sp³-hybridized carbons (Fsp3) is 0.211. The zero-order chi connectivity index (χ0) is 16.4. The topological polar surface area (TPSA) is 51.3 Å². The van der Waals surface area contributed by atoms with Gasteiger partial charge in [0.05, 0.1) is 18.2 Å². The van der Waals surface area contributed by atoms with Gasteiger partial charge in [0.1, 0.15) is 12.4 Å². The number of para-hydroxylation sites is 1. The van der Waals surface area contributed by atoms with E-state index >= 15 is 0 Å². The lowest BCUT2D eigenvalue weighted by Gasteiger charge is -2.08. The van der Waals surface area contributed by atoms with Gasteiger partial charge in [-0.1, -0.05) is 23.8 Å². The third-order valence-electron chi connectivity index (χ3n) is 3.73. The molecule has 2 aromatic carbocycles. The highest BCUT2D eigenvalue weighted by atomic mass is 16.5. The van der Waals surface area contributed by atoms with Gasteiger partial charge in [0.2, 0.25) is 0 Å². The quantitative estimate of drug-likeness (QED) is 0.572. The molecule has 4 heteroatoms. The summed E-state index contributed by atoms with van der Waals surface area (Å²) >= 11 is 0. The van der Waals surface area contributed by atoms with Crippen LogP contribution in [0, 0.1) is 0 Å². The molecule has 0 saturated heterocycles. The molecule has 118 valence electrons. The van der Waals surface area contributed by atoms with E-state index in [0.29, 0.717) is 17.9 Å². The fourth-order valence-electron chi connectivity index (χ4n) is 2.57. The highest BCUT2D eigenvalue weighted by molar-refractivity contribution is 6.11. The number of benzene rings is 2. The summed E-state index contributed by atoms with van der Waals surface area (Å²) in [6.07, 6.45) is 2.00. The molecule has 0 bridgehead atoms. The molecule has 0 fully saturated rings. The van der Waals surface area contributed by atoms with E-state index in [0.717, 1.165) is 21.8 Å². The Morgan fingerprint density at radius 2 is 1.96 bits per heavy atom. The average Bonchev–Trinajstić information content (AvgIpc) is 2.92. The Morgan fingerprint density at radius 3 is 2.70 bits per heavy atom. The average molecular weight is 309 g/mol. The molecule has 0 aliphatic heterocycles. The Balaban J connectivity index is 2.18. The lowest BCUT2D eigenvalue weighted by molar-refractivity contribution is 0.0600. The number of H-pyrrole nitrogens is 1. The summed E-state index contributed by atoms with van der Waals surface area (Å²) < 4.78 is 10.7. The molecule has 0 unspecified atom stereocenters. The predicted molar refractivity (Wildman–Crippen MR) is 92.1 cm³/mol. The first-order chi connectivity index (χ1) is 11.1. The van der Waals surface area contributed by atoms with E-state index in [1.807, 2.05) is 50.3 Å². The first-order valence-corrected chi connectivity index (χ1v) is 7.49. The first-order valence-electron chi connectivity index (χ1n) is 7.49. The van der Waals surface area contributed by atoms with Crippen molar-refractivity contribution in [3.8, 4) is 5.75 Å². The maximum Gasteiger partial charge on any atom is 0.338 e. The van der Waals surface area contributed by atoms with Crippen molar-refractivity contribution < 1.29 is 14.3 Å². The Labute approximate surface area is 134 Å². The number of hydrogen-bond acceptors (Lipinski definition) is 3. The zero-order valence-corrected chi connectivity index (χ0v) is 13.5. The van der Waals surface area contributed by atoms with Crippen LogP contribution in [-0.2, 0) is 4.74 Å². The third kappa shape index (κ3) is 2.93. The van der Waals surface area contributed by atoms with Crippen molar-refractivity contribution in [2.24, 2.45) is 0 Å². The van der Waals surface area contributed by atoms with Crippen LogP contribution in [-0.4, -0.2) is 24.7 Å². The number of fused-ring (bicyclic) bond motifs is 3. The summed E-state index contributed by atoms with van der Waals surface area (Å²) in [6.45, 7) is 4.50. The van der Waals surface area contributed by atoms with E-state index in [2.05, 4.69) is 4.98 Å². The van der Waals surface area contributed by atoms with Gasteiger partial charge in [0.25, 0.3) is 0 Å². The fourth-order valence-corrected chi connectivity index (χ4v) is 2.57. The molecular formula is C19H19NO3. The van der Waals surface area contributed by atoms with Gasteiger partial charge in [0.15, 0.2) is 0 Å². The lowest BCUT2D eigenvalue weighted by atomic mass is 10.1. The van der Waals surface area contributed by atoms with Crippen LogP contribution < -0.4 is 4.74 Å². The second-order valence-electron chi connectivity index (χ2n) is 5.65. The van der Waals surface area contributed by atoms with Crippen molar-refractivity contribution in [1.29, 1.82) is 0 Å². The first kappa shape index (κ1) is 15.2. The van der Waals surface area contributed by atoms with Gasteiger partial charge in [-0.05, 0) is 38.1 Å². The minimum atomic E-state index is -0.371. The van der Waals surface area contributed by atoms with Crippen LogP contribution in [0.4, 0.5) is 0 Å². The Bertz CT molecular complexity index is 902. The van der Waals surface area contributed by atoms with E-state index in [-0.39, 0.29) is 5.97 Å². The molecule has 0 atom stereocenters. The van der Waals surface area contributed by atoms with Crippen molar-refractivity contribution >= 4 is 27.8 Å². The Kier molecular flexibility index (Phi) is 4.06. The predicted octanol–water partition coefficient (Wildman–Crippen LogP) is 4.45. The number of nitrogens with one attached hydrogen (secondary N) is 1. The van der Waals surface area contributed by atoms with Crippen LogP contribution >= 0.6 is 0 Å². The molecule has 0 saturated carbocycles. The summed E-state index contributed by atoms with van der Waals surface area (Å²) in [6, 6.07) is 11.5. The number of aromatic amines is 1. The molecule has 0 radical (unpaired) electrons. The molecule has 23 heavy (non-hydrogen) atoms. The summed E-state index contributed by atoms with van der Waals surface area (Å²) in [5, 5.41) is 2.01. The number of carbonyl (C=O) groups is 1. The third-order valence-corrected chi connectivity index (χ3v) is 3.73. The minimum Gasteiger partial charge on any atom is -0.487 e. The van der Waals surface area contributed by atoms with Gasteiger partial charge < -0.3 is 14.5 Å². The van der Waals surface area contributed by atoms with Gasteiger partial charge in [-0.15, -0.1) is 0 Å². The molecule has 1 heterocycles. The smallest absolute Gasteiger partial charge is 0.338 e. The number of hydrogen-bond donors (Lipinski definition) is 1. The van der Waals surface area contributed by atoms with Crippen LogP contribution in [0.15, 0.2) is 48.0 Å². The maximum atomic E-state index is 11.9. The Morgan fingerprint density at radius 1 is 1.17 bits per heavy atom. The highest BCUT2D eigenvalue weighted by Gasteiger charge is 2.15. The number of methoxy groups -OCH3 is 1. The number of ether oxygens (including phenoxy) is 2. The van der Waals surface area contributed by atoms with Gasteiger partial charge in [-0.2, -0.15) is 0 Å². The number of aromatic nitrogens is 1. The van der Waals surface area contributed by atoms with Gasteiger partial charge in [-0.25, -0.2) is 4.79 Å². The maximum absolute atomic E-state index is 11.9. The van der Waals surface area contributed by atoms with Gasteiger partial charge in [0, 0.05) is 16.3 Å². The van der Waals surface area contributed by atoms with Crippen molar-refractivity contribution in [2.75, 3.05) is 13.7 Å². The standard InChI is InChI=1S/C19H19NO3/c1-12(2)8-9-23-17-11-13(19(21)22-3)10-15-14-6-4-5-7-16(14)20-18(15)17/h4-8,10-11,20H,9H2,1-3H3. The second-order valence-corrected chi connectivity index (χ2v) is 5.65. The van der Waals surface area contributed by atoms with Crippen LogP contribution in [0.5, 0.6) is 5.75 Å². The monoisotopic (exact) mass is 309 g/mol. The second kappa shape index (κ2) is 6.16. The zero-order valence-electron chi connectivity index (χ0n) is 13.5. The Hall–Kier alpha value is -2.75. The van der Waals surface area contributed by atoms with Crippen LogP contribution in [0.25, 0.3) is 21.8 Å². The van der Waals surface area contributed by atoms with Crippen molar-refractivity contribution in [2.45, 2.75) is 13.8 Å². The molecule has 1 aromatic heterocycles. The van der Waals surface area contributed by atoms with Crippen molar-refractivity contribution in [3.63, 3.8) is 0 Å². The number of esters is 1. The normalized spacial score (nSPS) is 10.7. The lowest BCUT2D eigenvalue weighted by Crippen LogP contribution is -2.03. The van der Waals surface area contributed by atoms with E-state index in [4.69, 9.17) is 9.47 Å². The van der Waals surface area contributed by atoms with E-state index in [9.17, 15) is 4.79 Å². The summed E-state index contributed by atoms with van der Waals surface area (Å²) in [5.74, 6) is 0.279. The SMILES string of the molecule is COC(=O)c1cc(OCC=C(C)C)c2[nH]c3ccccc3c2c1. The molecule has 0 aliphatic rings. The molecule has 4 nitrogen and oxygen atoms in total. The molecule has 3 rings (SSSR count). The highest BCUT2D eigenvalue weighted by Crippen LogP contribution is 2.33. The summed E-state index contributed by atoms with van der Waals surface area (Å²) in [4.78, 5) is 15.3. The molecule has 0 amide bonds. The number of rotatable bonds is 4. The van der Waals surface area contributed by atoms with E-state index in [1.54, 1.807) is 6.07 Å². The van der Waals surface area contributed by atoms with Crippen LogP contribution in [0.1, 0.15) is 24.2 Å². The van der Waals surface area contributed by atoms with Crippen LogP contribution in [0.3, 0.4) is 0 Å². The largest absolute Gasteiger partial charge is 0.487 e. The van der Waals surface area contributed by atoms with Crippen LogP contribution in [0.2, 0.25) is 0 Å². The number of allylic oxidation sites excluding steroid dienone is 1. The molecular weight excluding hydrogens is 290 g/mol. The van der Waals surface area contributed by atoms with E-state index < -0.39 is 0 Å².